The molecule has 5 rings (SSSR count). The average Bonchev–Trinajstić information content (AvgIpc) is 3.88. The zero-order chi connectivity index (χ0) is 46.2. The number of fused-ring (bicyclic) bond motifs is 2. The molecule has 7 amide bonds. The largest absolute Gasteiger partial charge is 0.573 e. The van der Waals surface area contributed by atoms with Gasteiger partial charge in [0.05, 0.1) is 13.0 Å². The quantitative estimate of drug-likeness (QED) is 0.257. The van der Waals surface area contributed by atoms with Crippen LogP contribution in [0.5, 0.6) is 5.75 Å². The van der Waals surface area contributed by atoms with Crippen LogP contribution in [-0.2, 0) is 33.5 Å². The van der Waals surface area contributed by atoms with Gasteiger partial charge >= 0.3 is 18.4 Å². The summed E-state index contributed by atoms with van der Waals surface area (Å²) in [6.45, 7) is 10.9. The Morgan fingerprint density at radius 1 is 0.885 bits per heavy atom. The molecule has 0 radical (unpaired) electrons. The molecule has 61 heavy (non-hydrogen) atoms. The molecule has 5 N–H and O–H groups in total. The summed E-state index contributed by atoms with van der Waals surface area (Å²) in [5.41, 5.74) is 5.65. The number of nitrogens with two attached hydrogens (primary N) is 1. The van der Waals surface area contributed by atoms with E-state index in [9.17, 15) is 55.5 Å². The lowest BCUT2D eigenvalue weighted by atomic mass is 10.1. The second kappa shape index (κ2) is 23.7. The number of hydrogen-bond acceptors (Lipinski definition) is 9. The fraction of sp³-hybridized carbons (Fsp3) is 0.525. The average molecular weight is 872 g/mol. The van der Waals surface area contributed by atoms with Crippen molar-refractivity contribution >= 4 is 47.2 Å². The highest BCUT2D eigenvalue weighted by atomic mass is 19.4. The highest BCUT2D eigenvalue weighted by Gasteiger charge is 2.41. The van der Waals surface area contributed by atoms with E-state index in [1.54, 1.807) is 27.7 Å². The van der Waals surface area contributed by atoms with Crippen molar-refractivity contribution in [2.45, 2.75) is 110 Å². The number of nitrogens with zero attached hydrogens (tertiary/aromatic N) is 3. The summed E-state index contributed by atoms with van der Waals surface area (Å²) in [5, 5.41) is 7.10. The van der Waals surface area contributed by atoms with Gasteiger partial charge in [0, 0.05) is 31.9 Å². The van der Waals surface area contributed by atoms with Crippen LogP contribution in [0, 0.1) is 18.6 Å². The van der Waals surface area contributed by atoms with Gasteiger partial charge in [-0.3, -0.25) is 24.0 Å². The molecule has 3 fully saturated rings. The highest BCUT2D eigenvalue weighted by molar-refractivity contribution is 5.95. The molecule has 0 spiro atoms. The Hall–Kier alpha value is -6.02. The number of ether oxygens (including phenoxy) is 2. The van der Waals surface area contributed by atoms with Crippen molar-refractivity contribution in [3.05, 3.63) is 59.7 Å². The van der Waals surface area contributed by atoms with Gasteiger partial charge in [-0.25, -0.2) is 18.4 Å². The lowest BCUT2D eigenvalue weighted by Gasteiger charge is -2.33. The van der Waals surface area contributed by atoms with Crippen molar-refractivity contribution in [1.82, 2.24) is 25.3 Å². The maximum absolute atomic E-state index is 13.0. The van der Waals surface area contributed by atoms with E-state index in [-0.39, 0.29) is 36.4 Å². The summed E-state index contributed by atoms with van der Waals surface area (Å²) in [7, 11) is 1.53. The number of urea groups is 1. The smallest absolute Gasteiger partial charge is 0.461 e. The van der Waals surface area contributed by atoms with Crippen molar-refractivity contribution in [2.75, 3.05) is 32.0 Å². The van der Waals surface area contributed by atoms with Gasteiger partial charge in [0.2, 0.25) is 29.5 Å². The molecule has 338 valence electrons. The molecule has 16 nitrogen and oxygen atoms in total. The highest BCUT2D eigenvalue weighted by Crippen LogP contribution is 2.25. The standard InChI is InChI=1S/C21H32N4O6.C10H10F3N3O3.C7H6F2.C2H6/c1-12-11-17(26)24-9-5-7-15(24)20(29)23(4)14(3)18(27)22-13(2)19(28)25-10-6-8-16(25)21(30)31-12;11-10(12,13)19-7-3-1-6(2-4-7)16-9(18)15-5-8(14)17;1-5-2-6(8)4-7(9)3-5;1-2/h12-16H,5-11H2,1-4H3,(H,22,27);1-4H,5H2,(H2,14,17)(H2,15,16,18);2-4H,1H3;1-2H3. The van der Waals surface area contributed by atoms with E-state index in [1.807, 2.05) is 13.8 Å². The molecular formula is C40H54F5N7O9. The van der Waals surface area contributed by atoms with Crippen LogP contribution in [-0.4, -0.2) is 120 Å². The molecule has 2 aromatic carbocycles. The van der Waals surface area contributed by atoms with Gasteiger partial charge in [0.15, 0.2) is 0 Å². The van der Waals surface area contributed by atoms with Crippen LogP contribution < -0.4 is 26.4 Å². The summed E-state index contributed by atoms with van der Waals surface area (Å²) >= 11 is 0. The molecule has 3 aliphatic rings. The van der Waals surface area contributed by atoms with Crippen LogP contribution in [0.4, 0.5) is 32.4 Å². The molecule has 5 atom stereocenters. The van der Waals surface area contributed by atoms with E-state index in [4.69, 9.17) is 10.5 Å². The lowest BCUT2D eigenvalue weighted by molar-refractivity contribution is -0.274. The number of primary amides is 1. The fourth-order valence-corrected chi connectivity index (χ4v) is 6.30. The monoisotopic (exact) mass is 871 g/mol. The number of likely N-dealkylation sites (N-methyl/N-ethyl adjacent to an activating group) is 1. The Morgan fingerprint density at radius 3 is 1.98 bits per heavy atom. The third-order valence-electron chi connectivity index (χ3n) is 9.26. The lowest BCUT2D eigenvalue weighted by Crippen LogP contribution is -2.56. The normalized spacial score (nSPS) is 22.1. The Kier molecular flexibility index (Phi) is 19.9. The SMILES string of the molecule is CC.CC1CC(=O)N2CCCC2C(=O)N(C)C(C)C(=O)NC(C)C(=O)N2CCCC2C(=O)O1.Cc1cc(F)cc(F)c1.NC(=O)CNC(=O)Nc1ccc(OC(F)(F)F)cc1. The van der Waals surface area contributed by atoms with E-state index < -0.39 is 77.8 Å². The number of aryl methyl sites for hydroxylation is 1. The molecule has 0 aliphatic carbocycles. The van der Waals surface area contributed by atoms with Gasteiger partial charge in [-0.05, 0) is 95.3 Å². The zero-order valence-electron chi connectivity index (χ0n) is 35.1. The minimum Gasteiger partial charge on any atom is -0.461 e. The number of nitrogens with one attached hydrogen (secondary N) is 3. The number of anilines is 1. The van der Waals surface area contributed by atoms with Crippen molar-refractivity contribution in [1.29, 1.82) is 0 Å². The van der Waals surface area contributed by atoms with Gasteiger partial charge in [0.25, 0.3) is 0 Å². The van der Waals surface area contributed by atoms with E-state index in [2.05, 4.69) is 20.7 Å². The van der Waals surface area contributed by atoms with Crippen LogP contribution >= 0.6 is 0 Å². The first-order valence-corrected chi connectivity index (χ1v) is 19.5. The molecule has 3 aliphatic heterocycles. The molecule has 5 unspecified atom stereocenters. The number of carbonyl (C=O) groups is 7. The Labute approximate surface area is 350 Å². The minimum atomic E-state index is -4.77. The van der Waals surface area contributed by atoms with Gasteiger partial charge in [0.1, 0.15) is 47.7 Å². The van der Waals surface area contributed by atoms with Gasteiger partial charge in [-0.15, -0.1) is 13.2 Å². The molecule has 0 saturated carbocycles. The Morgan fingerprint density at radius 2 is 1.44 bits per heavy atom. The summed E-state index contributed by atoms with van der Waals surface area (Å²) in [6.07, 6.45) is -3.14. The number of amides is 7. The number of cyclic esters (lactones) is 1. The molecule has 0 aromatic heterocycles. The Balaban J connectivity index is 0.000000360. The number of rotatable bonds is 4. The molecule has 0 bridgehead atoms. The molecule has 3 heterocycles. The first-order chi connectivity index (χ1) is 28.6. The number of carbonyl (C=O) groups excluding carboxylic acids is 7. The third kappa shape index (κ3) is 16.5. The first-order valence-electron chi connectivity index (χ1n) is 19.5. The second-order valence-electron chi connectivity index (χ2n) is 14.0. The fourth-order valence-electron chi connectivity index (χ4n) is 6.30. The number of benzene rings is 2. The maximum atomic E-state index is 13.0. The molecule has 3 saturated heterocycles. The topological polar surface area (TPSA) is 210 Å². The number of hydrogen-bond donors (Lipinski definition) is 4. The van der Waals surface area contributed by atoms with Crippen LogP contribution in [0.15, 0.2) is 42.5 Å². The van der Waals surface area contributed by atoms with Crippen LogP contribution in [0.2, 0.25) is 0 Å². The summed E-state index contributed by atoms with van der Waals surface area (Å²) in [4.78, 5) is 90.1. The van der Waals surface area contributed by atoms with Crippen LogP contribution in [0.25, 0.3) is 0 Å². The van der Waals surface area contributed by atoms with Crippen molar-refractivity contribution in [3.63, 3.8) is 0 Å². The summed E-state index contributed by atoms with van der Waals surface area (Å²) < 4.78 is 69.2. The maximum Gasteiger partial charge on any atom is 0.573 e. The van der Waals surface area contributed by atoms with Crippen molar-refractivity contribution in [2.24, 2.45) is 5.73 Å². The minimum absolute atomic E-state index is 0.0354. The van der Waals surface area contributed by atoms with Crippen molar-refractivity contribution in [3.8, 4) is 5.75 Å². The molecular weight excluding hydrogens is 817 g/mol. The number of esters is 1. The summed E-state index contributed by atoms with van der Waals surface area (Å²) in [6, 6.07) is 4.19. The second-order valence-corrected chi connectivity index (χ2v) is 14.0. The summed E-state index contributed by atoms with van der Waals surface area (Å²) in [5.74, 6) is -4.12. The number of alkyl halides is 3. The van der Waals surface area contributed by atoms with E-state index in [0.717, 1.165) is 18.2 Å². The predicted molar refractivity (Wildman–Crippen MR) is 211 cm³/mol. The van der Waals surface area contributed by atoms with Gasteiger partial charge in [-0.2, -0.15) is 0 Å². The Bertz CT molecular complexity index is 1800. The van der Waals surface area contributed by atoms with E-state index >= 15 is 0 Å². The first kappa shape index (κ1) is 51.1. The molecule has 21 heteroatoms. The van der Waals surface area contributed by atoms with Gasteiger partial charge < -0.3 is 45.9 Å². The van der Waals surface area contributed by atoms with Gasteiger partial charge in [-0.1, -0.05) is 13.8 Å². The van der Waals surface area contributed by atoms with E-state index in [1.165, 1.54) is 46.0 Å². The van der Waals surface area contributed by atoms with Crippen LogP contribution in [0.3, 0.4) is 0 Å². The van der Waals surface area contributed by atoms with E-state index in [0.29, 0.717) is 44.3 Å². The third-order valence-corrected chi connectivity index (χ3v) is 9.26. The molecule has 2 aromatic rings. The van der Waals surface area contributed by atoms with Crippen molar-refractivity contribution < 1.29 is 65.0 Å². The number of halogens is 5. The zero-order valence-corrected chi connectivity index (χ0v) is 35.1. The predicted octanol–water partition coefficient (Wildman–Crippen LogP) is 4.15. The van der Waals surface area contributed by atoms with Crippen LogP contribution in [0.1, 0.15) is 72.3 Å².